The summed E-state index contributed by atoms with van der Waals surface area (Å²) >= 11 is 13.9. The minimum atomic E-state index is -3.57. The first-order chi connectivity index (χ1) is 17.7. The Morgan fingerprint density at radius 1 is 1.11 bits per heavy atom. The Bertz CT molecular complexity index is 1390. The molecule has 1 saturated heterocycles. The van der Waals surface area contributed by atoms with Crippen molar-refractivity contribution in [1.82, 2.24) is 9.21 Å². The van der Waals surface area contributed by atoms with Crippen LogP contribution in [-0.2, 0) is 26.2 Å². The van der Waals surface area contributed by atoms with E-state index in [4.69, 9.17) is 23.2 Å². The summed E-state index contributed by atoms with van der Waals surface area (Å²) in [4.78, 5) is 3.78. The SMILES string of the molecule is CN(C[C@@H](CCN1CCC2(CC1)CS(=O)c1ccccc12)c1ccc(Cl)c(Cl)c1)S(=O)(=O)c1ccsc1. The summed E-state index contributed by atoms with van der Waals surface area (Å²) in [6, 6.07) is 15.4. The van der Waals surface area contributed by atoms with Crippen LogP contribution in [0.15, 0.2) is 69.1 Å². The van der Waals surface area contributed by atoms with Gasteiger partial charge in [0.05, 0.1) is 25.7 Å². The monoisotopic (exact) mass is 596 g/mol. The van der Waals surface area contributed by atoms with Gasteiger partial charge in [-0.1, -0.05) is 47.5 Å². The zero-order chi connectivity index (χ0) is 26.2. The molecule has 3 heterocycles. The minimum Gasteiger partial charge on any atom is -0.303 e. The molecule has 5 nitrogen and oxygen atoms in total. The number of hydrogen-bond acceptors (Lipinski definition) is 5. The van der Waals surface area contributed by atoms with E-state index in [1.165, 1.54) is 21.2 Å². The van der Waals surface area contributed by atoms with Crippen LogP contribution in [0.4, 0.5) is 0 Å². The predicted octanol–water partition coefficient (Wildman–Crippen LogP) is 6.00. The first-order valence-electron chi connectivity index (χ1n) is 12.3. The molecule has 2 aliphatic rings. The normalized spacial score (nSPS) is 20.4. The summed E-state index contributed by atoms with van der Waals surface area (Å²) in [7, 11) is -2.85. The molecule has 0 amide bonds. The topological polar surface area (TPSA) is 57.7 Å². The van der Waals surface area contributed by atoms with E-state index in [-0.39, 0.29) is 11.3 Å². The number of fused-ring (bicyclic) bond motifs is 2. The Hall–Kier alpha value is -1.26. The van der Waals surface area contributed by atoms with Gasteiger partial charge in [0, 0.05) is 35.0 Å². The molecule has 37 heavy (non-hydrogen) atoms. The highest BCUT2D eigenvalue weighted by Gasteiger charge is 2.44. The van der Waals surface area contributed by atoms with E-state index in [1.807, 2.05) is 24.3 Å². The fourth-order valence-electron chi connectivity index (χ4n) is 5.58. The Labute approximate surface area is 235 Å². The average molecular weight is 598 g/mol. The van der Waals surface area contributed by atoms with Gasteiger partial charge < -0.3 is 4.90 Å². The highest BCUT2D eigenvalue weighted by molar-refractivity contribution is 7.89. The van der Waals surface area contributed by atoms with Crippen LogP contribution in [0.3, 0.4) is 0 Å². The lowest BCUT2D eigenvalue weighted by atomic mass is 9.74. The van der Waals surface area contributed by atoms with Crippen LogP contribution in [0.5, 0.6) is 0 Å². The molecule has 0 aliphatic carbocycles. The molecule has 1 spiro atoms. The van der Waals surface area contributed by atoms with Crippen molar-refractivity contribution in [2.24, 2.45) is 0 Å². The molecule has 0 radical (unpaired) electrons. The highest BCUT2D eigenvalue weighted by Crippen LogP contribution is 2.45. The van der Waals surface area contributed by atoms with Crippen molar-refractivity contribution in [3.05, 3.63) is 80.5 Å². The molecule has 198 valence electrons. The molecular weight excluding hydrogens is 567 g/mol. The summed E-state index contributed by atoms with van der Waals surface area (Å²) in [6.45, 7) is 3.06. The van der Waals surface area contributed by atoms with Crippen LogP contribution >= 0.6 is 34.5 Å². The number of likely N-dealkylation sites (tertiary alicyclic amines) is 1. The van der Waals surface area contributed by atoms with Gasteiger partial charge in [-0.2, -0.15) is 11.3 Å². The Kier molecular flexibility index (Phi) is 8.18. The van der Waals surface area contributed by atoms with Crippen LogP contribution in [0, 0.1) is 0 Å². The third-order valence-corrected chi connectivity index (χ3v) is 12.9. The quantitative estimate of drug-likeness (QED) is 0.320. The number of piperidine rings is 1. The Morgan fingerprint density at radius 3 is 2.57 bits per heavy atom. The van der Waals surface area contributed by atoms with E-state index in [1.54, 1.807) is 29.9 Å². The van der Waals surface area contributed by atoms with Gasteiger partial charge in [0.25, 0.3) is 0 Å². The van der Waals surface area contributed by atoms with E-state index in [0.717, 1.165) is 55.1 Å². The molecule has 1 fully saturated rings. The minimum absolute atomic E-state index is 0.00981. The fraction of sp³-hybridized carbons (Fsp3) is 0.407. The van der Waals surface area contributed by atoms with E-state index in [9.17, 15) is 12.6 Å². The van der Waals surface area contributed by atoms with E-state index in [0.29, 0.717) is 21.5 Å². The predicted molar refractivity (Wildman–Crippen MR) is 153 cm³/mol. The summed E-state index contributed by atoms with van der Waals surface area (Å²) in [5.74, 6) is 0.681. The van der Waals surface area contributed by atoms with Crippen LogP contribution in [-0.4, -0.2) is 60.8 Å². The largest absolute Gasteiger partial charge is 0.303 e. The van der Waals surface area contributed by atoms with Gasteiger partial charge >= 0.3 is 0 Å². The zero-order valence-corrected chi connectivity index (χ0v) is 24.6. The number of hydrogen-bond donors (Lipinski definition) is 0. The van der Waals surface area contributed by atoms with Crippen LogP contribution in [0.1, 0.15) is 36.3 Å². The lowest BCUT2D eigenvalue weighted by Gasteiger charge is -2.40. The molecule has 0 N–H and O–H groups in total. The van der Waals surface area contributed by atoms with Crippen molar-refractivity contribution in [3.63, 3.8) is 0 Å². The van der Waals surface area contributed by atoms with Crippen LogP contribution < -0.4 is 0 Å². The summed E-state index contributed by atoms with van der Waals surface area (Å²) in [5, 5.41) is 4.40. The van der Waals surface area contributed by atoms with Crippen molar-refractivity contribution in [1.29, 1.82) is 0 Å². The lowest BCUT2D eigenvalue weighted by molar-refractivity contribution is 0.165. The van der Waals surface area contributed by atoms with Gasteiger partial charge in [-0.15, -0.1) is 0 Å². The number of rotatable bonds is 8. The molecule has 0 saturated carbocycles. The number of benzene rings is 2. The third-order valence-electron chi connectivity index (χ3n) is 7.81. The summed E-state index contributed by atoms with van der Waals surface area (Å²) in [5.41, 5.74) is 2.26. The standard InChI is InChI=1S/C27H30Cl2N2O3S3/c1-30(37(33,34)22-9-15-35-18-22)17-21(20-6-7-24(28)25(29)16-20)8-12-31-13-10-27(11-14-31)19-36(32)26-5-3-2-4-23(26)27/h2-7,9,15-16,18,21H,8,10-14,17,19H2,1H3/t21-,36?/m1/s1. The highest BCUT2D eigenvalue weighted by atomic mass is 35.5. The number of sulfonamides is 1. The molecule has 0 bridgehead atoms. The van der Waals surface area contributed by atoms with Gasteiger partial charge in [-0.3, -0.25) is 4.21 Å². The molecule has 2 aromatic carbocycles. The maximum absolute atomic E-state index is 13.1. The number of nitrogens with zero attached hydrogens (tertiary/aromatic N) is 2. The third kappa shape index (κ3) is 5.57. The van der Waals surface area contributed by atoms with Gasteiger partial charge in [0.1, 0.15) is 0 Å². The van der Waals surface area contributed by atoms with Gasteiger partial charge in [0.15, 0.2) is 0 Å². The molecule has 10 heteroatoms. The summed E-state index contributed by atoms with van der Waals surface area (Å²) < 4.78 is 40.4. The van der Waals surface area contributed by atoms with E-state index in [2.05, 4.69) is 17.0 Å². The second kappa shape index (κ2) is 11.1. The lowest BCUT2D eigenvalue weighted by Crippen LogP contribution is -2.44. The second-order valence-electron chi connectivity index (χ2n) is 10.0. The maximum Gasteiger partial charge on any atom is 0.243 e. The van der Waals surface area contributed by atoms with E-state index < -0.39 is 20.8 Å². The molecule has 1 unspecified atom stereocenters. The number of likely N-dealkylation sites (N-methyl/N-ethyl adjacent to an activating group) is 1. The molecule has 2 atom stereocenters. The summed E-state index contributed by atoms with van der Waals surface area (Å²) in [6.07, 6.45) is 2.76. The van der Waals surface area contributed by atoms with Crippen LogP contribution in [0.2, 0.25) is 10.0 Å². The smallest absolute Gasteiger partial charge is 0.243 e. The van der Waals surface area contributed by atoms with Crippen molar-refractivity contribution in [2.75, 3.05) is 39.0 Å². The number of halogens is 2. The van der Waals surface area contributed by atoms with E-state index >= 15 is 0 Å². The fourth-order valence-corrected chi connectivity index (χ4v) is 9.98. The Morgan fingerprint density at radius 2 is 1.86 bits per heavy atom. The van der Waals surface area contributed by atoms with Gasteiger partial charge in [-0.25, -0.2) is 12.7 Å². The van der Waals surface area contributed by atoms with Crippen LogP contribution in [0.25, 0.3) is 0 Å². The number of thiophene rings is 1. The first-order valence-corrected chi connectivity index (χ1v) is 16.8. The average Bonchev–Trinajstić information content (AvgIpc) is 3.53. The molecule has 2 aliphatic heterocycles. The zero-order valence-electron chi connectivity index (χ0n) is 20.6. The molecule has 1 aromatic heterocycles. The van der Waals surface area contributed by atoms with Crippen molar-refractivity contribution < 1.29 is 12.6 Å². The first kappa shape index (κ1) is 27.3. The Balaban J connectivity index is 1.28. The van der Waals surface area contributed by atoms with Crippen molar-refractivity contribution in [3.8, 4) is 0 Å². The second-order valence-corrected chi connectivity index (χ2v) is 15.1. The molecule has 3 aromatic rings. The molecular formula is C27H30Cl2N2O3S3. The maximum atomic E-state index is 13.1. The van der Waals surface area contributed by atoms with Crippen molar-refractivity contribution in [2.45, 2.75) is 40.4 Å². The van der Waals surface area contributed by atoms with Gasteiger partial charge in [-0.05, 0) is 85.6 Å². The molecule has 5 rings (SSSR count). The van der Waals surface area contributed by atoms with Crippen molar-refractivity contribution >= 4 is 55.4 Å². The van der Waals surface area contributed by atoms with Gasteiger partial charge in [0.2, 0.25) is 10.0 Å².